The normalized spacial score (nSPS) is 17.4. The third kappa shape index (κ3) is 4.08. The Morgan fingerprint density at radius 1 is 0.912 bits per heavy atom. The van der Waals surface area contributed by atoms with E-state index in [9.17, 15) is 24.6 Å². The maximum Gasteiger partial charge on any atom is 0.337 e. The van der Waals surface area contributed by atoms with Gasteiger partial charge in [-0.15, -0.1) is 0 Å². The Bertz CT molecular complexity index is 1290. The van der Waals surface area contributed by atoms with Crippen LogP contribution in [0.15, 0.2) is 72.4 Å². The van der Waals surface area contributed by atoms with Crippen molar-refractivity contribution in [1.82, 2.24) is 4.98 Å². The highest BCUT2D eigenvalue weighted by molar-refractivity contribution is 6.51. The molecule has 0 bridgehead atoms. The molecule has 1 atom stereocenters. The number of carboxylic acids is 1. The fourth-order valence-corrected chi connectivity index (χ4v) is 3.97. The molecular weight excluding hydrogens is 432 g/mol. The van der Waals surface area contributed by atoms with Crippen LogP contribution < -0.4 is 4.90 Å². The van der Waals surface area contributed by atoms with Gasteiger partial charge < -0.3 is 10.2 Å². The monoisotopic (exact) mass is 456 g/mol. The minimum absolute atomic E-state index is 0.0437. The fraction of sp³-hybridized carbons (Fsp3) is 0.185. The van der Waals surface area contributed by atoms with Crippen LogP contribution in [0.4, 0.5) is 5.82 Å². The number of ketones is 1. The number of carboxylic acid groups (broad SMARTS) is 1. The van der Waals surface area contributed by atoms with Gasteiger partial charge in [-0.2, -0.15) is 0 Å². The van der Waals surface area contributed by atoms with Crippen LogP contribution in [-0.4, -0.2) is 32.9 Å². The van der Waals surface area contributed by atoms with Crippen LogP contribution in [0.25, 0.3) is 5.76 Å². The predicted molar refractivity (Wildman–Crippen MR) is 128 cm³/mol. The highest BCUT2D eigenvalue weighted by atomic mass is 16.4. The van der Waals surface area contributed by atoms with Crippen molar-refractivity contribution in [2.45, 2.75) is 32.7 Å². The summed E-state index contributed by atoms with van der Waals surface area (Å²) in [4.78, 5) is 42.9. The molecule has 172 valence electrons. The first kappa shape index (κ1) is 22.9. The van der Waals surface area contributed by atoms with E-state index in [0.717, 1.165) is 17.3 Å². The van der Waals surface area contributed by atoms with Gasteiger partial charge in [0.1, 0.15) is 11.6 Å². The molecule has 2 heterocycles. The summed E-state index contributed by atoms with van der Waals surface area (Å²) in [5.41, 5.74) is 3.03. The van der Waals surface area contributed by atoms with Gasteiger partial charge in [0.2, 0.25) is 0 Å². The molecule has 3 aromatic rings. The standard InChI is InChI=1S/C27H24N2O5/c1-15(2)17-8-10-18(11-9-17)23-22(24(30)19-6-4-16(3)5-7-19)25(31)26(32)29(23)21-13-12-20(14-28-21)27(33)34/h4-15,23,30H,1-3H3,(H,33,34). The van der Waals surface area contributed by atoms with Crippen LogP contribution in [0, 0.1) is 6.92 Å². The number of anilines is 1. The first-order valence-electron chi connectivity index (χ1n) is 10.9. The lowest BCUT2D eigenvalue weighted by atomic mass is 9.93. The summed E-state index contributed by atoms with van der Waals surface area (Å²) < 4.78 is 0. The third-order valence-corrected chi connectivity index (χ3v) is 5.93. The van der Waals surface area contributed by atoms with E-state index in [0.29, 0.717) is 11.1 Å². The van der Waals surface area contributed by atoms with Gasteiger partial charge >= 0.3 is 11.9 Å². The van der Waals surface area contributed by atoms with Gasteiger partial charge in [-0.1, -0.05) is 67.9 Å². The molecule has 1 fully saturated rings. The van der Waals surface area contributed by atoms with Crippen LogP contribution in [0.5, 0.6) is 0 Å². The molecule has 1 aromatic heterocycles. The number of hydrogen-bond acceptors (Lipinski definition) is 5. The average molecular weight is 456 g/mol. The second kappa shape index (κ2) is 8.94. The minimum Gasteiger partial charge on any atom is -0.507 e. The maximum absolute atomic E-state index is 13.2. The van der Waals surface area contributed by atoms with Crippen LogP contribution in [0.3, 0.4) is 0 Å². The number of benzene rings is 2. The summed E-state index contributed by atoms with van der Waals surface area (Å²) in [7, 11) is 0. The summed E-state index contributed by atoms with van der Waals surface area (Å²) in [6, 6.07) is 16.3. The fourth-order valence-electron chi connectivity index (χ4n) is 3.97. The lowest BCUT2D eigenvalue weighted by molar-refractivity contribution is -0.132. The van der Waals surface area contributed by atoms with Crippen molar-refractivity contribution in [3.05, 3.63) is 100 Å². The molecule has 1 saturated heterocycles. The van der Waals surface area contributed by atoms with Crippen LogP contribution in [-0.2, 0) is 9.59 Å². The molecule has 0 aliphatic carbocycles. The number of hydrogen-bond donors (Lipinski definition) is 2. The number of aliphatic hydroxyl groups is 1. The zero-order valence-corrected chi connectivity index (χ0v) is 19.0. The van der Waals surface area contributed by atoms with Gasteiger partial charge in [0.15, 0.2) is 0 Å². The zero-order chi connectivity index (χ0) is 24.6. The molecule has 1 unspecified atom stereocenters. The molecule has 1 aliphatic heterocycles. The number of aromatic carboxylic acids is 1. The number of rotatable bonds is 5. The Hall–Kier alpha value is -4.26. The molecule has 0 spiro atoms. The predicted octanol–water partition coefficient (Wildman–Crippen LogP) is 4.84. The van der Waals surface area contributed by atoms with Crippen LogP contribution in [0.2, 0.25) is 0 Å². The van der Waals surface area contributed by atoms with Crippen LogP contribution in [0.1, 0.15) is 58.4 Å². The molecule has 2 N–H and O–H groups in total. The molecule has 7 heteroatoms. The molecule has 2 aromatic carbocycles. The number of aryl methyl sites for hydroxylation is 1. The molecule has 7 nitrogen and oxygen atoms in total. The summed E-state index contributed by atoms with van der Waals surface area (Å²) in [5, 5.41) is 20.3. The number of carbonyl (C=O) groups excluding carboxylic acids is 2. The van der Waals surface area contributed by atoms with Gasteiger partial charge in [-0.25, -0.2) is 9.78 Å². The quantitative estimate of drug-likeness (QED) is 0.323. The lowest BCUT2D eigenvalue weighted by Gasteiger charge is -2.25. The number of amides is 1. The topological polar surface area (TPSA) is 108 Å². The number of carbonyl (C=O) groups is 3. The number of aromatic nitrogens is 1. The van der Waals surface area contributed by atoms with Gasteiger partial charge in [-0.05, 0) is 36.1 Å². The molecule has 4 rings (SSSR count). The number of pyridine rings is 1. The zero-order valence-electron chi connectivity index (χ0n) is 19.0. The Kier molecular flexibility index (Phi) is 6.03. The van der Waals surface area contributed by atoms with E-state index in [2.05, 4.69) is 18.8 Å². The molecule has 1 aliphatic rings. The average Bonchev–Trinajstić information content (AvgIpc) is 3.09. The van der Waals surface area contributed by atoms with Crippen molar-refractivity contribution in [2.24, 2.45) is 0 Å². The first-order valence-corrected chi connectivity index (χ1v) is 10.9. The number of Topliss-reactive ketones (excluding diaryl/α,β-unsaturated/α-hetero) is 1. The van der Waals surface area contributed by atoms with E-state index in [-0.39, 0.29) is 28.6 Å². The van der Waals surface area contributed by atoms with E-state index >= 15 is 0 Å². The third-order valence-electron chi connectivity index (χ3n) is 5.93. The Balaban J connectivity index is 1.90. The Morgan fingerprint density at radius 2 is 1.53 bits per heavy atom. The van der Waals surface area contributed by atoms with E-state index in [1.165, 1.54) is 17.0 Å². The van der Waals surface area contributed by atoms with E-state index in [1.807, 2.05) is 43.3 Å². The van der Waals surface area contributed by atoms with Crippen molar-refractivity contribution < 1.29 is 24.6 Å². The minimum atomic E-state index is -1.15. The van der Waals surface area contributed by atoms with Gasteiger partial charge in [-0.3, -0.25) is 14.5 Å². The Labute approximate surface area is 197 Å². The maximum atomic E-state index is 13.2. The van der Waals surface area contributed by atoms with Gasteiger partial charge in [0.25, 0.3) is 5.78 Å². The van der Waals surface area contributed by atoms with E-state index < -0.39 is 23.7 Å². The molecule has 0 saturated carbocycles. The molecular formula is C27H24N2O5. The number of nitrogens with zero attached hydrogens (tertiary/aromatic N) is 2. The molecule has 34 heavy (non-hydrogen) atoms. The first-order chi connectivity index (χ1) is 16.2. The summed E-state index contributed by atoms with van der Waals surface area (Å²) in [5.74, 6) is -2.70. The van der Waals surface area contributed by atoms with Crippen LogP contribution >= 0.6 is 0 Å². The largest absolute Gasteiger partial charge is 0.507 e. The van der Waals surface area contributed by atoms with E-state index in [4.69, 9.17) is 0 Å². The van der Waals surface area contributed by atoms with Gasteiger partial charge in [0, 0.05) is 11.8 Å². The lowest BCUT2D eigenvalue weighted by Crippen LogP contribution is -2.30. The highest BCUT2D eigenvalue weighted by Gasteiger charge is 2.47. The summed E-state index contributed by atoms with van der Waals surface area (Å²) in [6.07, 6.45) is 1.13. The van der Waals surface area contributed by atoms with E-state index in [1.54, 1.807) is 12.1 Å². The van der Waals surface area contributed by atoms with Gasteiger partial charge in [0.05, 0.1) is 17.2 Å². The van der Waals surface area contributed by atoms with Crippen molar-refractivity contribution in [1.29, 1.82) is 0 Å². The molecule has 1 amide bonds. The SMILES string of the molecule is Cc1ccc(C(O)=C2C(=O)C(=O)N(c3ccc(C(=O)O)cn3)C2c2ccc(C(C)C)cc2)cc1. The molecule has 0 radical (unpaired) electrons. The van der Waals surface area contributed by atoms with Crippen molar-refractivity contribution in [2.75, 3.05) is 4.90 Å². The second-order valence-corrected chi connectivity index (χ2v) is 8.57. The van der Waals surface area contributed by atoms with Crippen molar-refractivity contribution >= 4 is 29.2 Å². The Morgan fingerprint density at radius 3 is 2.06 bits per heavy atom. The smallest absolute Gasteiger partial charge is 0.337 e. The second-order valence-electron chi connectivity index (χ2n) is 8.57. The highest BCUT2D eigenvalue weighted by Crippen LogP contribution is 2.41. The number of aliphatic hydroxyl groups excluding tert-OH is 1. The summed E-state index contributed by atoms with van der Waals surface area (Å²) >= 11 is 0. The van der Waals surface area contributed by atoms with Crippen molar-refractivity contribution in [3.8, 4) is 0 Å². The summed E-state index contributed by atoms with van der Waals surface area (Å²) in [6.45, 7) is 6.03. The van der Waals surface area contributed by atoms with Crippen molar-refractivity contribution in [3.63, 3.8) is 0 Å².